The first-order valence-electron chi connectivity index (χ1n) is 6.35. The maximum atomic E-state index is 11.9. The zero-order valence-electron chi connectivity index (χ0n) is 11.6. The first-order chi connectivity index (χ1) is 10.0. The lowest BCUT2D eigenvalue weighted by atomic mass is 10.2. The molecule has 2 rings (SSSR count). The van der Waals surface area contributed by atoms with Gasteiger partial charge in [-0.25, -0.2) is 4.79 Å². The number of amides is 1. The van der Waals surface area contributed by atoms with Gasteiger partial charge in [0.25, 0.3) is 0 Å². The summed E-state index contributed by atoms with van der Waals surface area (Å²) < 4.78 is 9.41. The van der Waals surface area contributed by atoms with E-state index < -0.39 is 23.3 Å². The fraction of sp³-hybridized carbons (Fsp3) is 0.357. The number of thioether (sulfide) groups is 1. The third-order valence-electron chi connectivity index (χ3n) is 2.90. The van der Waals surface area contributed by atoms with Gasteiger partial charge in [-0.15, -0.1) is 11.8 Å². The largest absolute Gasteiger partial charge is 0.466 e. The molecule has 1 aliphatic heterocycles. The van der Waals surface area contributed by atoms with E-state index in [1.165, 1.54) is 25.8 Å². The Labute approximate surface area is 126 Å². The molecule has 2 atom stereocenters. The molecule has 1 aromatic carbocycles. The zero-order chi connectivity index (χ0) is 15.4. The fourth-order valence-corrected chi connectivity index (χ4v) is 2.93. The molecule has 7 heteroatoms. The highest BCUT2D eigenvalue weighted by atomic mass is 32.2. The second-order valence-corrected chi connectivity index (χ2v) is 5.70. The molecule has 0 saturated heterocycles. The maximum Gasteiger partial charge on any atom is 0.346 e. The van der Waals surface area contributed by atoms with Gasteiger partial charge >= 0.3 is 11.9 Å². The Bertz CT molecular complexity index is 574. The number of carbonyl (C=O) groups is 3. The molecule has 0 fully saturated rings. The number of nitrogens with one attached hydrogen (secondary N) is 1. The Kier molecular flexibility index (Phi) is 4.85. The highest BCUT2D eigenvalue weighted by Crippen LogP contribution is 2.36. The molecule has 1 amide bonds. The van der Waals surface area contributed by atoms with Crippen molar-refractivity contribution in [1.29, 1.82) is 0 Å². The lowest BCUT2D eigenvalue weighted by Gasteiger charge is -2.23. The topological polar surface area (TPSA) is 81.7 Å². The molecule has 0 unspecified atom stereocenters. The summed E-state index contributed by atoms with van der Waals surface area (Å²) in [5.74, 6) is -1.49. The van der Waals surface area contributed by atoms with E-state index in [4.69, 9.17) is 4.74 Å². The molecule has 1 N–H and O–H groups in total. The van der Waals surface area contributed by atoms with Crippen LogP contribution < -0.4 is 5.32 Å². The summed E-state index contributed by atoms with van der Waals surface area (Å²) in [5.41, 5.74) is 0.736. The number of ether oxygens (including phenoxy) is 2. The number of carbonyl (C=O) groups excluding carboxylic acids is 3. The monoisotopic (exact) mass is 309 g/mol. The second-order valence-electron chi connectivity index (χ2n) is 4.45. The molecule has 6 nitrogen and oxygen atoms in total. The molecule has 0 bridgehead atoms. The van der Waals surface area contributed by atoms with Crippen molar-refractivity contribution in [3.8, 4) is 0 Å². The molecular weight excluding hydrogens is 294 g/mol. The fourth-order valence-electron chi connectivity index (χ4n) is 1.84. The minimum Gasteiger partial charge on any atom is -0.466 e. The minimum atomic E-state index is -0.980. The molecule has 0 aromatic heterocycles. The van der Waals surface area contributed by atoms with E-state index in [2.05, 4.69) is 10.1 Å². The van der Waals surface area contributed by atoms with Crippen LogP contribution in [0.4, 0.5) is 5.69 Å². The second kappa shape index (κ2) is 6.62. The van der Waals surface area contributed by atoms with Gasteiger partial charge < -0.3 is 14.8 Å². The standard InChI is InChI=1S/C14H15NO5S/c1-8(14(18)19-2)20-12(16)7-11-13(17)15-9-5-3-4-6-10(9)21-11/h3-6,8,11H,7H2,1-2H3,(H,15,17)/t8-,11-/m1/s1. The summed E-state index contributed by atoms with van der Waals surface area (Å²) in [4.78, 5) is 35.8. The Balaban J connectivity index is 1.96. The van der Waals surface area contributed by atoms with Crippen molar-refractivity contribution >= 4 is 35.3 Å². The van der Waals surface area contributed by atoms with Crippen LogP contribution >= 0.6 is 11.8 Å². The third-order valence-corrected chi connectivity index (χ3v) is 4.18. The van der Waals surface area contributed by atoms with Crippen molar-refractivity contribution in [3.05, 3.63) is 24.3 Å². The van der Waals surface area contributed by atoms with E-state index in [1.54, 1.807) is 6.07 Å². The highest BCUT2D eigenvalue weighted by molar-refractivity contribution is 8.01. The number of para-hydroxylation sites is 1. The van der Waals surface area contributed by atoms with Crippen LogP contribution in [-0.2, 0) is 23.9 Å². The number of benzene rings is 1. The van der Waals surface area contributed by atoms with Crippen molar-refractivity contribution in [2.24, 2.45) is 0 Å². The van der Waals surface area contributed by atoms with Gasteiger partial charge in [-0.3, -0.25) is 9.59 Å². The molecule has 0 radical (unpaired) electrons. The van der Waals surface area contributed by atoms with E-state index in [1.807, 2.05) is 18.2 Å². The normalized spacial score (nSPS) is 18.2. The highest BCUT2D eigenvalue weighted by Gasteiger charge is 2.30. The Hall–Kier alpha value is -2.02. The molecule has 0 spiro atoms. The van der Waals surface area contributed by atoms with Crippen LogP contribution in [-0.4, -0.2) is 36.3 Å². The van der Waals surface area contributed by atoms with E-state index in [9.17, 15) is 14.4 Å². The first kappa shape index (κ1) is 15.4. The van der Waals surface area contributed by atoms with E-state index in [0.29, 0.717) is 0 Å². The van der Waals surface area contributed by atoms with E-state index in [-0.39, 0.29) is 12.3 Å². The summed E-state index contributed by atoms with van der Waals surface area (Å²) >= 11 is 1.31. The average molecular weight is 309 g/mol. The summed E-state index contributed by atoms with van der Waals surface area (Å²) in [5, 5.41) is 2.17. The smallest absolute Gasteiger partial charge is 0.346 e. The zero-order valence-corrected chi connectivity index (χ0v) is 12.4. The van der Waals surface area contributed by atoms with Gasteiger partial charge in [-0.05, 0) is 19.1 Å². The molecule has 1 aliphatic rings. The van der Waals surface area contributed by atoms with E-state index >= 15 is 0 Å². The molecule has 1 heterocycles. The summed E-state index contributed by atoms with van der Waals surface area (Å²) in [6.07, 6.45) is -1.09. The maximum absolute atomic E-state index is 11.9. The number of hydrogen-bond donors (Lipinski definition) is 1. The van der Waals surface area contributed by atoms with Crippen molar-refractivity contribution in [2.75, 3.05) is 12.4 Å². The first-order valence-corrected chi connectivity index (χ1v) is 7.23. The van der Waals surface area contributed by atoms with Gasteiger partial charge in [-0.1, -0.05) is 12.1 Å². The number of hydrogen-bond acceptors (Lipinski definition) is 6. The van der Waals surface area contributed by atoms with Crippen LogP contribution in [0, 0.1) is 0 Å². The van der Waals surface area contributed by atoms with Crippen LogP contribution in [0.2, 0.25) is 0 Å². The number of fused-ring (bicyclic) bond motifs is 1. The van der Waals surface area contributed by atoms with Crippen molar-refractivity contribution in [1.82, 2.24) is 0 Å². The van der Waals surface area contributed by atoms with Crippen LogP contribution in [0.3, 0.4) is 0 Å². The van der Waals surface area contributed by atoms with Crippen LogP contribution in [0.1, 0.15) is 13.3 Å². The molecular formula is C14H15NO5S. The third kappa shape index (κ3) is 3.75. The number of esters is 2. The Morgan fingerprint density at radius 3 is 2.81 bits per heavy atom. The summed E-state index contributed by atoms with van der Waals surface area (Å²) in [6.45, 7) is 1.42. The van der Waals surface area contributed by atoms with Gasteiger partial charge in [-0.2, -0.15) is 0 Å². The van der Waals surface area contributed by atoms with Crippen molar-refractivity contribution in [3.63, 3.8) is 0 Å². The number of methoxy groups -OCH3 is 1. The Morgan fingerprint density at radius 2 is 2.10 bits per heavy atom. The van der Waals surface area contributed by atoms with Gasteiger partial charge in [0.15, 0.2) is 6.10 Å². The van der Waals surface area contributed by atoms with Gasteiger partial charge in [0, 0.05) is 4.90 Å². The minimum absolute atomic E-state index is 0.105. The molecule has 0 aliphatic carbocycles. The SMILES string of the molecule is COC(=O)[C@@H](C)OC(=O)C[C@H]1Sc2ccccc2NC1=O. The van der Waals surface area contributed by atoms with Crippen molar-refractivity contribution in [2.45, 2.75) is 29.6 Å². The van der Waals surface area contributed by atoms with Crippen molar-refractivity contribution < 1.29 is 23.9 Å². The molecule has 1 aromatic rings. The van der Waals surface area contributed by atoms with Crippen LogP contribution in [0.15, 0.2) is 29.2 Å². The lowest BCUT2D eigenvalue weighted by Crippen LogP contribution is -2.33. The summed E-state index contributed by atoms with van der Waals surface area (Å²) in [7, 11) is 1.22. The number of anilines is 1. The predicted molar refractivity (Wildman–Crippen MR) is 76.9 cm³/mol. The predicted octanol–water partition coefficient (Wildman–Crippen LogP) is 1.59. The van der Waals surface area contributed by atoms with Gasteiger partial charge in [0.05, 0.1) is 24.5 Å². The number of rotatable bonds is 4. The van der Waals surface area contributed by atoms with Gasteiger partial charge in [0.1, 0.15) is 0 Å². The average Bonchev–Trinajstić information content (AvgIpc) is 2.47. The van der Waals surface area contributed by atoms with Crippen LogP contribution in [0.25, 0.3) is 0 Å². The van der Waals surface area contributed by atoms with E-state index in [0.717, 1.165) is 10.6 Å². The van der Waals surface area contributed by atoms with Crippen LogP contribution in [0.5, 0.6) is 0 Å². The molecule has 112 valence electrons. The molecule has 21 heavy (non-hydrogen) atoms. The Morgan fingerprint density at radius 1 is 1.38 bits per heavy atom. The quantitative estimate of drug-likeness (QED) is 0.851. The lowest BCUT2D eigenvalue weighted by molar-refractivity contribution is -0.164. The molecule has 0 saturated carbocycles. The summed E-state index contributed by atoms with van der Waals surface area (Å²) in [6, 6.07) is 7.35. The van der Waals surface area contributed by atoms with Gasteiger partial charge in [0.2, 0.25) is 5.91 Å².